The van der Waals surface area contributed by atoms with Crippen LogP contribution in [0.4, 0.5) is 9.52 Å². The average molecular weight is 393 g/mol. The van der Waals surface area contributed by atoms with E-state index in [9.17, 15) is 9.18 Å². The first-order valence-corrected chi connectivity index (χ1v) is 9.36. The maximum atomic E-state index is 13.7. The minimum atomic E-state index is -0.457. The third-order valence-corrected chi connectivity index (χ3v) is 5.24. The zero-order chi connectivity index (χ0) is 19.5. The summed E-state index contributed by atoms with van der Waals surface area (Å²) >= 11 is 1.38. The maximum Gasteiger partial charge on any atom is 0.260 e. The van der Waals surface area contributed by atoms with Crippen molar-refractivity contribution in [3.63, 3.8) is 0 Å². The number of fused-ring (bicyclic) bond motifs is 1. The molecule has 0 aliphatic rings. The number of pyridine rings is 1. The lowest BCUT2D eigenvalue weighted by Gasteiger charge is -2.20. The summed E-state index contributed by atoms with van der Waals surface area (Å²) in [6.45, 7) is 0.278. The van der Waals surface area contributed by atoms with E-state index in [0.29, 0.717) is 5.13 Å². The second-order valence-electron chi connectivity index (χ2n) is 6.09. The number of methoxy groups -OCH3 is 1. The molecule has 1 amide bonds. The minimum absolute atomic E-state index is 0.265. The number of thiazole rings is 1. The van der Waals surface area contributed by atoms with Gasteiger partial charge >= 0.3 is 0 Å². The fourth-order valence-corrected chi connectivity index (χ4v) is 3.80. The van der Waals surface area contributed by atoms with Crippen LogP contribution in [0.5, 0.6) is 5.75 Å². The van der Waals surface area contributed by atoms with Crippen LogP contribution in [0.2, 0.25) is 0 Å². The Kier molecular flexibility index (Phi) is 4.99. The molecule has 0 aliphatic heterocycles. The summed E-state index contributed by atoms with van der Waals surface area (Å²) in [7, 11) is 1.60. The molecular formula is C21H16FN3O2S. The van der Waals surface area contributed by atoms with Crippen LogP contribution < -0.4 is 9.64 Å². The van der Waals surface area contributed by atoms with E-state index in [4.69, 9.17) is 4.74 Å². The van der Waals surface area contributed by atoms with Gasteiger partial charge in [0.2, 0.25) is 0 Å². The first kappa shape index (κ1) is 18.1. The Balaban J connectivity index is 1.77. The number of carbonyl (C=O) groups excluding carboxylic acids is 1. The van der Waals surface area contributed by atoms with E-state index in [2.05, 4.69) is 9.97 Å². The van der Waals surface area contributed by atoms with Gasteiger partial charge in [-0.2, -0.15) is 0 Å². The summed E-state index contributed by atoms with van der Waals surface area (Å²) in [4.78, 5) is 23.4. The van der Waals surface area contributed by atoms with Gasteiger partial charge < -0.3 is 4.74 Å². The average Bonchev–Trinajstić information content (AvgIpc) is 3.15. The highest BCUT2D eigenvalue weighted by Gasteiger charge is 2.22. The molecule has 0 atom stereocenters. The summed E-state index contributed by atoms with van der Waals surface area (Å²) < 4.78 is 19.8. The largest absolute Gasteiger partial charge is 0.497 e. The summed E-state index contributed by atoms with van der Waals surface area (Å²) in [5.74, 6) is -0.0615. The number of ether oxygens (including phenoxy) is 1. The van der Waals surface area contributed by atoms with Gasteiger partial charge in [0.05, 0.1) is 23.9 Å². The third-order valence-electron chi connectivity index (χ3n) is 4.20. The van der Waals surface area contributed by atoms with E-state index in [1.165, 1.54) is 29.5 Å². The standard InChI is InChI=1S/C21H16FN3O2S/c1-27-17-7-8-18-19(11-17)28-21(24-18)25(13-14-4-3-9-23-12-14)20(26)15-5-2-6-16(22)10-15/h2-12H,13H2,1H3. The zero-order valence-electron chi connectivity index (χ0n) is 15.0. The van der Waals surface area contributed by atoms with Gasteiger partial charge in [0, 0.05) is 18.0 Å². The Hall–Kier alpha value is -3.32. The molecule has 0 saturated heterocycles. The molecule has 5 nitrogen and oxygen atoms in total. The van der Waals surface area contributed by atoms with Gasteiger partial charge in [-0.1, -0.05) is 23.5 Å². The highest BCUT2D eigenvalue weighted by Crippen LogP contribution is 2.33. The smallest absolute Gasteiger partial charge is 0.260 e. The van der Waals surface area contributed by atoms with Crippen molar-refractivity contribution in [3.05, 3.63) is 83.9 Å². The molecule has 0 aliphatic carbocycles. The van der Waals surface area contributed by atoms with Gasteiger partial charge in [0.15, 0.2) is 5.13 Å². The lowest BCUT2D eigenvalue weighted by molar-refractivity contribution is 0.0984. The Morgan fingerprint density at radius 2 is 2.07 bits per heavy atom. The monoisotopic (exact) mass is 393 g/mol. The highest BCUT2D eigenvalue weighted by molar-refractivity contribution is 7.22. The zero-order valence-corrected chi connectivity index (χ0v) is 15.8. The maximum absolute atomic E-state index is 13.7. The number of aromatic nitrogens is 2. The molecule has 2 heterocycles. The van der Waals surface area contributed by atoms with Gasteiger partial charge in [-0.05, 0) is 48.0 Å². The highest BCUT2D eigenvalue weighted by atomic mass is 32.1. The number of anilines is 1. The van der Waals surface area contributed by atoms with E-state index in [0.717, 1.165) is 21.5 Å². The molecule has 0 unspecified atom stereocenters. The second kappa shape index (κ2) is 7.74. The molecule has 0 spiro atoms. The molecule has 28 heavy (non-hydrogen) atoms. The molecule has 0 fully saturated rings. The predicted molar refractivity (Wildman–Crippen MR) is 107 cm³/mol. The van der Waals surface area contributed by atoms with Crippen LogP contribution in [0, 0.1) is 5.82 Å². The van der Waals surface area contributed by atoms with Crippen LogP contribution in [0.3, 0.4) is 0 Å². The Labute approximate surface area is 165 Å². The molecule has 0 saturated carbocycles. The van der Waals surface area contributed by atoms with Crippen molar-refractivity contribution < 1.29 is 13.9 Å². The quantitative estimate of drug-likeness (QED) is 0.494. The third kappa shape index (κ3) is 3.70. The fourth-order valence-electron chi connectivity index (χ4n) is 2.81. The van der Waals surface area contributed by atoms with Gasteiger partial charge in [-0.15, -0.1) is 0 Å². The van der Waals surface area contributed by atoms with Crippen molar-refractivity contribution in [1.29, 1.82) is 0 Å². The summed E-state index contributed by atoms with van der Waals surface area (Å²) in [6, 6.07) is 14.9. The van der Waals surface area contributed by atoms with Crippen LogP contribution in [0.15, 0.2) is 67.0 Å². The molecule has 2 aromatic carbocycles. The van der Waals surface area contributed by atoms with Crippen LogP contribution in [-0.2, 0) is 6.54 Å². The number of hydrogen-bond donors (Lipinski definition) is 0. The molecule has 4 rings (SSSR count). The van der Waals surface area contributed by atoms with E-state index < -0.39 is 5.82 Å². The number of benzene rings is 2. The first-order chi connectivity index (χ1) is 13.6. The Bertz CT molecular complexity index is 1130. The minimum Gasteiger partial charge on any atom is -0.497 e. The van der Waals surface area contributed by atoms with Crippen molar-refractivity contribution in [2.45, 2.75) is 6.54 Å². The van der Waals surface area contributed by atoms with Crippen molar-refractivity contribution >= 4 is 32.6 Å². The number of rotatable bonds is 5. The molecule has 2 aromatic heterocycles. The molecule has 4 aromatic rings. The topological polar surface area (TPSA) is 55.3 Å². The fraction of sp³-hybridized carbons (Fsp3) is 0.0952. The lowest BCUT2D eigenvalue weighted by Crippen LogP contribution is -2.30. The van der Waals surface area contributed by atoms with Crippen molar-refractivity contribution in [1.82, 2.24) is 9.97 Å². The molecule has 7 heteroatoms. The molecule has 140 valence electrons. The van der Waals surface area contributed by atoms with Crippen LogP contribution >= 0.6 is 11.3 Å². The van der Waals surface area contributed by atoms with Crippen molar-refractivity contribution in [3.8, 4) is 5.75 Å². The molecular weight excluding hydrogens is 377 g/mol. The van der Waals surface area contributed by atoms with E-state index in [1.807, 2.05) is 30.3 Å². The number of nitrogens with zero attached hydrogens (tertiary/aromatic N) is 3. The molecule has 0 radical (unpaired) electrons. The number of amides is 1. The number of hydrogen-bond acceptors (Lipinski definition) is 5. The normalized spacial score (nSPS) is 10.8. The Morgan fingerprint density at radius 1 is 1.18 bits per heavy atom. The van der Waals surface area contributed by atoms with Gasteiger partial charge in [-0.3, -0.25) is 14.7 Å². The lowest BCUT2D eigenvalue weighted by atomic mass is 10.2. The summed E-state index contributed by atoms with van der Waals surface area (Å²) in [5.41, 5.74) is 1.88. The van der Waals surface area contributed by atoms with Crippen LogP contribution in [0.25, 0.3) is 10.2 Å². The Morgan fingerprint density at radius 3 is 2.82 bits per heavy atom. The first-order valence-electron chi connectivity index (χ1n) is 8.55. The van der Waals surface area contributed by atoms with E-state index in [-0.39, 0.29) is 18.0 Å². The predicted octanol–water partition coefficient (Wildman–Crippen LogP) is 4.69. The summed E-state index contributed by atoms with van der Waals surface area (Å²) in [6.07, 6.45) is 3.37. The van der Waals surface area contributed by atoms with Gasteiger partial charge in [-0.25, -0.2) is 9.37 Å². The van der Waals surface area contributed by atoms with E-state index >= 15 is 0 Å². The van der Waals surface area contributed by atoms with Crippen molar-refractivity contribution in [2.24, 2.45) is 0 Å². The van der Waals surface area contributed by atoms with E-state index in [1.54, 1.807) is 30.5 Å². The number of halogens is 1. The SMILES string of the molecule is COc1ccc2nc(N(Cc3cccnc3)C(=O)c3cccc(F)c3)sc2c1. The molecule has 0 bridgehead atoms. The summed E-state index contributed by atoms with van der Waals surface area (Å²) in [5, 5.41) is 0.529. The second-order valence-corrected chi connectivity index (χ2v) is 7.10. The van der Waals surface area contributed by atoms with Crippen LogP contribution in [-0.4, -0.2) is 23.0 Å². The van der Waals surface area contributed by atoms with Gasteiger partial charge in [0.25, 0.3) is 5.91 Å². The van der Waals surface area contributed by atoms with Gasteiger partial charge in [0.1, 0.15) is 11.6 Å². The molecule has 0 N–H and O–H groups in total. The van der Waals surface area contributed by atoms with Crippen LogP contribution in [0.1, 0.15) is 15.9 Å². The van der Waals surface area contributed by atoms with Crippen molar-refractivity contribution in [2.75, 3.05) is 12.0 Å². The number of carbonyl (C=O) groups is 1.